The summed E-state index contributed by atoms with van der Waals surface area (Å²) in [5, 5.41) is 0.727. The molecule has 0 amide bonds. The number of rotatable bonds is 13. The third-order valence-electron chi connectivity index (χ3n) is 4.01. The predicted molar refractivity (Wildman–Crippen MR) is 106 cm³/mol. The van der Waals surface area contributed by atoms with Gasteiger partial charge in [-0.05, 0) is 12.0 Å². The van der Waals surface area contributed by atoms with Gasteiger partial charge in [0.2, 0.25) is 0 Å². The van der Waals surface area contributed by atoms with Crippen molar-refractivity contribution >= 4 is 16.9 Å². The van der Waals surface area contributed by atoms with Crippen molar-refractivity contribution in [2.24, 2.45) is 10.7 Å². The fourth-order valence-electron chi connectivity index (χ4n) is 2.56. The quantitative estimate of drug-likeness (QED) is 0.267. The standard InChI is InChI=1S/C20H34N2S/c1-2-3-4-5-6-7-8-9-10-14-17-23-20(21)22-18-19-15-12-11-13-16-19/h11-13,15-16H,2-10,14,17-18H2,1H3,(H2,21,22). The summed E-state index contributed by atoms with van der Waals surface area (Å²) in [5.41, 5.74) is 7.17. The van der Waals surface area contributed by atoms with Gasteiger partial charge in [-0.3, -0.25) is 4.99 Å². The Morgan fingerprint density at radius 1 is 0.870 bits per heavy atom. The van der Waals surface area contributed by atoms with E-state index in [2.05, 4.69) is 24.0 Å². The summed E-state index contributed by atoms with van der Waals surface area (Å²) < 4.78 is 0. The van der Waals surface area contributed by atoms with Crippen LogP contribution in [-0.2, 0) is 6.54 Å². The normalized spacial score (nSPS) is 11.8. The SMILES string of the molecule is CCCCCCCCCCCCSC(N)=NCc1ccccc1. The lowest BCUT2D eigenvalue weighted by atomic mass is 10.1. The zero-order valence-electron chi connectivity index (χ0n) is 14.8. The van der Waals surface area contributed by atoms with Crippen LogP contribution in [0.25, 0.3) is 0 Å². The average Bonchev–Trinajstić information content (AvgIpc) is 2.59. The Kier molecular flexibility index (Phi) is 12.8. The van der Waals surface area contributed by atoms with E-state index in [0.29, 0.717) is 6.54 Å². The number of benzene rings is 1. The lowest BCUT2D eigenvalue weighted by molar-refractivity contribution is 0.563. The van der Waals surface area contributed by atoms with Gasteiger partial charge >= 0.3 is 0 Å². The Balaban J connectivity index is 1.90. The van der Waals surface area contributed by atoms with Crippen LogP contribution in [0.15, 0.2) is 35.3 Å². The van der Waals surface area contributed by atoms with Crippen LogP contribution in [0.2, 0.25) is 0 Å². The van der Waals surface area contributed by atoms with E-state index < -0.39 is 0 Å². The maximum Gasteiger partial charge on any atom is 0.154 e. The second-order valence-corrected chi connectivity index (χ2v) is 7.29. The van der Waals surface area contributed by atoms with Gasteiger partial charge in [0.05, 0.1) is 6.54 Å². The van der Waals surface area contributed by atoms with Gasteiger partial charge in [0.25, 0.3) is 0 Å². The van der Waals surface area contributed by atoms with Crippen molar-refractivity contribution in [2.45, 2.75) is 77.7 Å². The van der Waals surface area contributed by atoms with Crippen molar-refractivity contribution < 1.29 is 0 Å². The molecule has 2 nitrogen and oxygen atoms in total. The number of thioether (sulfide) groups is 1. The average molecular weight is 335 g/mol. The smallest absolute Gasteiger partial charge is 0.154 e. The molecule has 0 aliphatic heterocycles. The highest BCUT2D eigenvalue weighted by Gasteiger charge is 1.96. The highest BCUT2D eigenvalue weighted by Crippen LogP contribution is 2.12. The molecule has 0 atom stereocenters. The molecule has 0 bridgehead atoms. The molecule has 1 aromatic carbocycles. The summed E-state index contributed by atoms with van der Waals surface area (Å²) in [6, 6.07) is 10.3. The number of nitrogens with two attached hydrogens (primary N) is 1. The van der Waals surface area contributed by atoms with Crippen LogP contribution in [0.1, 0.15) is 76.7 Å². The van der Waals surface area contributed by atoms with Gasteiger partial charge < -0.3 is 5.73 Å². The molecule has 130 valence electrons. The van der Waals surface area contributed by atoms with Crippen LogP contribution in [0, 0.1) is 0 Å². The minimum absolute atomic E-state index is 0.692. The summed E-state index contributed by atoms with van der Waals surface area (Å²) >= 11 is 1.70. The van der Waals surface area contributed by atoms with E-state index in [1.54, 1.807) is 11.8 Å². The Labute approximate surface area is 147 Å². The molecule has 3 heteroatoms. The van der Waals surface area contributed by atoms with Crippen molar-refractivity contribution in [3.8, 4) is 0 Å². The molecule has 1 aromatic rings. The fraction of sp³-hybridized carbons (Fsp3) is 0.650. The number of amidine groups is 1. The fourth-order valence-corrected chi connectivity index (χ4v) is 3.28. The molecule has 0 saturated heterocycles. The van der Waals surface area contributed by atoms with Gasteiger partial charge in [0.15, 0.2) is 5.17 Å². The molecule has 23 heavy (non-hydrogen) atoms. The molecular formula is C20H34N2S. The zero-order chi connectivity index (χ0) is 16.6. The zero-order valence-corrected chi connectivity index (χ0v) is 15.6. The molecule has 0 aliphatic carbocycles. The second kappa shape index (κ2) is 14.6. The van der Waals surface area contributed by atoms with Crippen LogP contribution < -0.4 is 5.73 Å². The third-order valence-corrected chi connectivity index (χ3v) is 4.93. The maximum absolute atomic E-state index is 5.95. The van der Waals surface area contributed by atoms with E-state index in [1.807, 2.05) is 18.2 Å². The maximum atomic E-state index is 5.95. The van der Waals surface area contributed by atoms with E-state index in [4.69, 9.17) is 5.73 Å². The van der Waals surface area contributed by atoms with E-state index in [1.165, 1.54) is 69.8 Å². The Hall–Kier alpha value is -0.960. The van der Waals surface area contributed by atoms with E-state index in [0.717, 1.165) is 10.9 Å². The summed E-state index contributed by atoms with van der Waals surface area (Å²) in [6.07, 6.45) is 13.8. The molecule has 1 rings (SSSR count). The second-order valence-electron chi connectivity index (χ2n) is 6.17. The molecule has 0 aromatic heterocycles. The van der Waals surface area contributed by atoms with Crippen molar-refractivity contribution in [3.05, 3.63) is 35.9 Å². The number of hydrogen-bond acceptors (Lipinski definition) is 2. The molecule has 0 unspecified atom stereocenters. The minimum atomic E-state index is 0.692. The summed E-state index contributed by atoms with van der Waals surface area (Å²) in [5.74, 6) is 1.10. The molecule has 0 fully saturated rings. The summed E-state index contributed by atoms with van der Waals surface area (Å²) in [4.78, 5) is 4.43. The first-order chi connectivity index (χ1) is 11.3. The van der Waals surface area contributed by atoms with Crippen LogP contribution in [0.5, 0.6) is 0 Å². The first-order valence-electron chi connectivity index (χ1n) is 9.29. The van der Waals surface area contributed by atoms with Gasteiger partial charge in [0, 0.05) is 5.75 Å². The topological polar surface area (TPSA) is 38.4 Å². The van der Waals surface area contributed by atoms with Gasteiger partial charge in [-0.15, -0.1) is 0 Å². The van der Waals surface area contributed by atoms with Gasteiger partial charge in [0.1, 0.15) is 0 Å². The molecule has 0 heterocycles. The minimum Gasteiger partial charge on any atom is -0.379 e. The van der Waals surface area contributed by atoms with Crippen molar-refractivity contribution in [2.75, 3.05) is 5.75 Å². The number of unbranched alkanes of at least 4 members (excludes halogenated alkanes) is 9. The van der Waals surface area contributed by atoms with Crippen molar-refractivity contribution in [1.82, 2.24) is 0 Å². The van der Waals surface area contributed by atoms with Crippen LogP contribution in [0.3, 0.4) is 0 Å². The van der Waals surface area contributed by atoms with Crippen LogP contribution in [-0.4, -0.2) is 10.9 Å². The lowest BCUT2D eigenvalue weighted by Crippen LogP contribution is -2.07. The predicted octanol–water partition coefficient (Wildman–Crippen LogP) is 6.16. The highest BCUT2D eigenvalue weighted by atomic mass is 32.2. The number of nitrogens with zero attached hydrogens (tertiary/aromatic N) is 1. The monoisotopic (exact) mass is 334 g/mol. The molecule has 0 radical (unpaired) electrons. The first kappa shape index (κ1) is 20.1. The number of hydrogen-bond donors (Lipinski definition) is 1. The van der Waals surface area contributed by atoms with Gasteiger partial charge in [-0.25, -0.2) is 0 Å². The van der Waals surface area contributed by atoms with Crippen molar-refractivity contribution in [1.29, 1.82) is 0 Å². The molecular weight excluding hydrogens is 300 g/mol. The van der Waals surface area contributed by atoms with E-state index >= 15 is 0 Å². The van der Waals surface area contributed by atoms with E-state index in [-0.39, 0.29) is 0 Å². The van der Waals surface area contributed by atoms with Gasteiger partial charge in [-0.1, -0.05) is 107 Å². The third kappa shape index (κ3) is 12.2. The van der Waals surface area contributed by atoms with Gasteiger partial charge in [-0.2, -0.15) is 0 Å². The Bertz CT molecular complexity index is 403. The van der Waals surface area contributed by atoms with Crippen LogP contribution in [0.4, 0.5) is 0 Å². The van der Waals surface area contributed by atoms with Crippen molar-refractivity contribution in [3.63, 3.8) is 0 Å². The lowest BCUT2D eigenvalue weighted by Gasteiger charge is -2.03. The largest absolute Gasteiger partial charge is 0.379 e. The highest BCUT2D eigenvalue weighted by molar-refractivity contribution is 8.13. The molecule has 0 aliphatic rings. The number of aliphatic imine (C=N–C) groups is 1. The van der Waals surface area contributed by atoms with Crippen LogP contribution >= 0.6 is 11.8 Å². The first-order valence-corrected chi connectivity index (χ1v) is 10.3. The summed E-state index contributed by atoms with van der Waals surface area (Å²) in [7, 11) is 0. The molecule has 0 spiro atoms. The molecule has 2 N–H and O–H groups in total. The van der Waals surface area contributed by atoms with E-state index in [9.17, 15) is 0 Å². The Morgan fingerprint density at radius 3 is 2.04 bits per heavy atom. The Morgan fingerprint density at radius 2 is 1.43 bits per heavy atom. The summed E-state index contributed by atoms with van der Waals surface area (Å²) in [6.45, 7) is 2.97. The molecule has 0 saturated carbocycles.